The molecule has 2 aromatic rings. The van der Waals surface area contributed by atoms with Gasteiger partial charge in [-0.3, -0.25) is 4.79 Å². The number of carbonyl (C=O) groups excluding carboxylic acids is 1. The average molecular weight is 357 g/mol. The van der Waals surface area contributed by atoms with Crippen LogP contribution in [0.2, 0.25) is 0 Å². The van der Waals surface area contributed by atoms with Gasteiger partial charge in [0.25, 0.3) is 5.91 Å². The quantitative estimate of drug-likeness (QED) is 0.740. The molecule has 1 unspecified atom stereocenters. The van der Waals surface area contributed by atoms with Gasteiger partial charge in [0.05, 0.1) is 11.3 Å². The van der Waals surface area contributed by atoms with E-state index < -0.39 is 0 Å². The molecule has 1 heterocycles. The number of nitrogens with one attached hydrogen (secondary N) is 1. The Hall–Kier alpha value is -1.57. The second kappa shape index (κ2) is 9.54. The van der Waals surface area contributed by atoms with Gasteiger partial charge in [0.1, 0.15) is 0 Å². The predicted molar refractivity (Wildman–Crippen MR) is 92.8 cm³/mol. The van der Waals surface area contributed by atoms with E-state index >= 15 is 0 Å². The third kappa shape index (κ3) is 5.85. The van der Waals surface area contributed by atoms with Crippen molar-refractivity contribution in [3.63, 3.8) is 0 Å². The van der Waals surface area contributed by atoms with Crippen molar-refractivity contribution in [2.24, 2.45) is 11.7 Å². The number of aryl methyl sites for hydroxylation is 1. The van der Waals surface area contributed by atoms with Gasteiger partial charge in [0.2, 0.25) is 5.89 Å². The summed E-state index contributed by atoms with van der Waals surface area (Å²) in [5.41, 5.74) is 6.21. The molecule has 6 nitrogen and oxygen atoms in total. The van der Waals surface area contributed by atoms with E-state index in [-0.39, 0.29) is 24.2 Å². The van der Waals surface area contributed by atoms with E-state index in [1.165, 1.54) is 11.8 Å². The number of carbonyl (C=O) groups is 1. The first-order valence-electron chi connectivity index (χ1n) is 7.09. The highest BCUT2D eigenvalue weighted by Crippen LogP contribution is 2.25. The maximum absolute atomic E-state index is 12.3. The molecule has 8 heteroatoms. The fraction of sp³-hybridized carbons (Fsp3) is 0.400. The van der Waals surface area contributed by atoms with Gasteiger partial charge in [-0.05, 0) is 31.5 Å². The Morgan fingerprint density at radius 1 is 1.43 bits per heavy atom. The zero-order chi connectivity index (χ0) is 15.9. The highest BCUT2D eigenvalue weighted by Gasteiger charge is 2.13. The van der Waals surface area contributed by atoms with Crippen LogP contribution in [0.3, 0.4) is 0 Å². The molecule has 0 aliphatic carbocycles. The molecule has 0 aliphatic heterocycles. The van der Waals surface area contributed by atoms with Gasteiger partial charge in [0, 0.05) is 11.4 Å². The van der Waals surface area contributed by atoms with Crippen LogP contribution in [0.5, 0.6) is 0 Å². The molecule has 1 atom stereocenters. The lowest BCUT2D eigenvalue weighted by Crippen LogP contribution is -2.31. The monoisotopic (exact) mass is 356 g/mol. The fourth-order valence-electron chi connectivity index (χ4n) is 1.76. The third-order valence-electron chi connectivity index (χ3n) is 3.07. The molecule has 0 saturated carbocycles. The molecule has 0 saturated heterocycles. The number of thioether (sulfide) groups is 1. The minimum Gasteiger partial charge on any atom is -0.352 e. The number of hydrogen-bond donors (Lipinski definition) is 2. The predicted octanol–water partition coefficient (Wildman–Crippen LogP) is 2.42. The van der Waals surface area contributed by atoms with Gasteiger partial charge in [-0.25, -0.2) is 0 Å². The molecular weight excluding hydrogens is 336 g/mol. The van der Waals surface area contributed by atoms with Gasteiger partial charge in [0.15, 0.2) is 5.82 Å². The van der Waals surface area contributed by atoms with Crippen molar-refractivity contribution in [3.05, 3.63) is 41.5 Å². The van der Waals surface area contributed by atoms with E-state index in [9.17, 15) is 4.79 Å². The number of nitrogens with zero attached hydrogens (tertiary/aromatic N) is 2. The first-order valence-corrected chi connectivity index (χ1v) is 8.08. The minimum absolute atomic E-state index is 0. The summed E-state index contributed by atoms with van der Waals surface area (Å²) in [6.07, 6.45) is 0. The summed E-state index contributed by atoms with van der Waals surface area (Å²) >= 11 is 1.50. The normalized spacial score (nSPS) is 11.6. The largest absolute Gasteiger partial charge is 0.352 e. The summed E-state index contributed by atoms with van der Waals surface area (Å²) < 4.78 is 5.08. The van der Waals surface area contributed by atoms with Crippen LogP contribution in [0.1, 0.15) is 29.0 Å². The Balaban J connectivity index is 0.00000264. The lowest BCUT2D eigenvalue weighted by molar-refractivity contribution is 0.0945. The maximum atomic E-state index is 12.3. The Kier molecular flexibility index (Phi) is 8.08. The molecule has 0 radical (unpaired) electrons. The lowest BCUT2D eigenvalue weighted by atomic mass is 10.1. The topological polar surface area (TPSA) is 94.0 Å². The minimum atomic E-state index is -0.0925. The number of rotatable bonds is 7. The molecule has 0 bridgehead atoms. The highest BCUT2D eigenvalue weighted by atomic mass is 35.5. The molecular formula is C15H21ClN4O2S. The van der Waals surface area contributed by atoms with Crippen LogP contribution in [0.25, 0.3) is 0 Å². The summed E-state index contributed by atoms with van der Waals surface area (Å²) in [7, 11) is 0. The summed E-state index contributed by atoms with van der Waals surface area (Å²) in [5.74, 6) is 1.85. The third-order valence-corrected chi connectivity index (χ3v) is 4.12. The van der Waals surface area contributed by atoms with Crippen molar-refractivity contribution >= 4 is 30.1 Å². The molecule has 23 heavy (non-hydrogen) atoms. The molecule has 3 N–H and O–H groups in total. The van der Waals surface area contributed by atoms with E-state index in [2.05, 4.69) is 15.5 Å². The highest BCUT2D eigenvalue weighted by molar-refractivity contribution is 7.98. The average Bonchev–Trinajstić information content (AvgIpc) is 2.96. The standard InChI is InChI=1S/C15H20N4O2S.ClH/c1-10(7-16)8-17-15(20)12-5-3-4-6-13(12)22-9-14-18-11(2)19-21-14;/h3-6,10H,7-9,16H2,1-2H3,(H,17,20);1H. The zero-order valence-electron chi connectivity index (χ0n) is 13.1. The Labute approximate surface area is 146 Å². The second-order valence-corrected chi connectivity index (χ2v) is 6.09. The molecule has 1 aromatic carbocycles. The van der Waals surface area contributed by atoms with E-state index in [0.29, 0.717) is 36.1 Å². The van der Waals surface area contributed by atoms with E-state index in [4.69, 9.17) is 10.3 Å². The van der Waals surface area contributed by atoms with Gasteiger partial charge < -0.3 is 15.6 Å². The van der Waals surface area contributed by atoms with Crippen LogP contribution >= 0.6 is 24.2 Å². The molecule has 1 aromatic heterocycles. The summed E-state index contributed by atoms with van der Waals surface area (Å²) in [4.78, 5) is 17.3. The number of halogens is 1. The van der Waals surface area contributed by atoms with Crippen molar-refractivity contribution in [2.75, 3.05) is 13.1 Å². The van der Waals surface area contributed by atoms with E-state index in [1.807, 2.05) is 31.2 Å². The zero-order valence-corrected chi connectivity index (χ0v) is 14.7. The van der Waals surface area contributed by atoms with Crippen LogP contribution in [-0.4, -0.2) is 29.1 Å². The van der Waals surface area contributed by atoms with Crippen LogP contribution in [0.4, 0.5) is 0 Å². The van der Waals surface area contributed by atoms with Gasteiger partial charge >= 0.3 is 0 Å². The summed E-state index contributed by atoms with van der Waals surface area (Å²) in [6.45, 7) is 4.89. The van der Waals surface area contributed by atoms with Crippen molar-refractivity contribution in [3.8, 4) is 0 Å². The molecule has 0 aliphatic rings. The summed E-state index contributed by atoms with van der Waals surface area (Å²) in [5, 5.41) is 6.66. The van der Waals surface area contributed by atoms with Crippen LogP contribution in [0, 0.1) is 12.8 Å². The lowest BCUT2D eigenvalue weighted by Gasteiger charge is -2.12. The van der Waals surface area contributed by atoms with E-state index in [1.54, 1.807) is 6.92 Å². The van der Waals surface area contributed by atoms with Crippen molar-refractivity contribution in [1.29, 1.82) is 0 Å². The van der Waals surface area contributed by atoms with Crippen molar-refractivity contribution in [2.45, 2.75) is 24.5 Å². The SMILES string of the molecule is Cc1noc(CSc2ccccc2C(=O)NCC(C)CN)n1.Cl. The molecule has 1 amide bonds. The smallest absolute Gasteiger partial charge is 0.252 e. The van der Waals surface area contributed by atoms with Crippen LogP contribution in [-0.2, 0) is 5.75 Å². The van der Waals surface area contributed by atoms with Crippen LogP contribution in [0.15, 0.2) is 33.7 Å². The van der Waals surface area contributed by atoms with Gasteiger partial charge in [-0.2, -0.15) is 4.98 Å². The fourth-order valence-corrected chi connectivity index (χ4v) is 2.65. The maximum Gasteiger partial charge on any atom is 0.252 e. The van der Waals surface area contributed by atoms with E-state index in [0.717, 1.165) is 4.90 Å². The first kappa shape index (κ1) is 19.5. The number of nitrogens with two attached hydrogens (primary N) is 1. The Bertz CT molecular complexity index is 635. The summed E-state index contributed by atoms with van der Waals surface area (Å²) in [6, 6.07) is 7.47. The molecule has 0 fully saturated rings. The number of aromatic nitrogens is 2. The molecule has 2 rings (SSSR count). The molecule has 0 spiro atoms. The van der Waals surface area contributed by atoms with Crippen molar-refractivity contribution in [1.82, 2.24) is 15.5 Å². The second-order valence-electron chi connectivity index (χ2n) is 5.07. The number of hydrogen-bond acceptors (Lipinski definition) is 6. The van der Waals surface area contributed by atoms with Gasteiger partial charge in [-0.1, -0.05) is 24.2 Å². The first-order chi connectivity index (χ1) is 10.6. The van der Waals surface area contributed by atoms with Crippen LogP contribution < -0.4 is 11.1 Å². The Morgan fingerprint density at radius 2 is 2.17 bits per heavy atom. The van der Waals surface area contributed by atoms with Gasteiger partial charge in [-0.15, -0.1) is 24.2 Å². The molecule has 126 valence electrons. The Morgan fingerprint density at radius 3 is 2.83 bits per heavy atom. The number of benzene rings is 1. The number of amides is 1. The van der Waals surface area contributed by atoms with Crippen molar-refractivity contribution < 1.29 is 9.32 Å².